The van der Waals surface area contributed by atoms with Gasteiger partial charge in [-0.2, -0.15) is 4.98 Å². The number of rotatable bonds is 7. The Morgan fingerprint density at radius 1 is 1.21 bits per heavy atom. The summed E-state index contributed by atoms with van der Waals surface area (Å²) < 4.78 is 25.9. The predicted octanol–water partition coefficient (Wildman–Crippen LogP) is 3.89. The fourth-order valence-electron chi connectivity index (χ4n) is 4.24. The maximum atomic E-state index is 14.7. The SMILES string of the molecule is CC(C)c1noc(CN2CC(Oc3ccc(-c4ccc(C(=O)N5CCCC5)c(F)c4)nc3)C2)n1. The topological polar surface area (TPSA) is 84.6 Å². The highest BCUT2D eigenvalue weighted by Crippen LogP contribution is 2.25. The van der Waals surface area contributed by atoms with Gasteiger partial charge in [-0.3, -0.25) is 14.7 Å². The summed E-state index contributed by atoms with van der Waals surface area (Å²) in [6.07, 6.45) is 3.65. The van der Waals surface area contributed by atoms with Crippen molar-refractivity contribution < 1.29 is 18.4 Å². The van der Waals surface area contributed by atoms with Gasteiger partial charge >= 0.3 is 0 Å². The van der Waals surface area contributed by atoms with Gasteiger partial charge in [-0.05, 0) is 37.1 Å². The van der Waals surface area contributed by atoms with E-state index in [2.05, 4.69) is 20.0 Å². The van der Waals surface area contributed by atoms with Gasteiger partial charge < -0.3 is 14.2 Å². The average molecular weight is 466 g/mol. The van der Waals surface area contributed by atoms with Crippen molar-refractivity contribution in [1.82, 2.24) is 24.9 Å². The summed E-state index contributed by atoms with van der Waals surface area (Å²) in [4.78, 5) is 25.2. The smallest absolute Gasteiger partial charge is 0.256 e. The normalized spacial score (nSPS) is 16.8. The molecule has 2 aliphatic rings. The summed E-state index contributed by atoms with van der Waals surface area (Å²) in [5, 5.41) is 3.99. The highest BCUT2D eigenvalue weighted by atomic mass is 19.1. The van der Waals surface area contributed by atoms with E-state index in [1.807, 2.05) is 19.9 Å². The van der Waals surface area contributed by atoms with E-state index < -0.39 is 5.82 Å². The molecule has 8 nitrogen and oxygen atoms in total. The van der Waals surface area contributed by atoms with Crippen LogP contribution in [0.1, 0.15) is 54.7 Å². The molecule has 0 unspecified atom stereocenters. The first kappa shape index (κ1) is 22.5. The van der Waals surface area contributed by atoms with Crippen molar-refractivity contribution in [2.45, 2.75) is 45.3 Å². The molecule has 1 aromatic carbocycles. The van der Waals surface area contributed by atoms with Gasteiger partial charge in [0.25, 0.3) is 5.91 Å². The first-order valence-electron chi connectivity index (χ1n) is 11.7. The second kappa shape index (κ2) is 9.50. The molecule has 1 amide bonds. The molecule has 2 saturated heterocycles. The molecule has 34 heavy (non-hydrogen) atoms. The zero-order chi connectivity index (χ0) is 23.7. The average Bonchev–Trinajstić information content (AvgIpc) is 3.50. The van der Waals surface area contributed by atoms with E-state index in [1.165, 1.54) is 6.07 Å². The standard InChI is InChI=1S/C25H28FN5O3/c1-16(2)24-28-23(34-29-24)15-30-13-19(14-30)33-18-6-8-22(27-12-18)17-5-7-20(21(26)11-17)25(32)31-9-3-4-10-31/h5-8,11-12,16,19H,3-4,9-10,13-15H2,1-2H3. The van der Waals surface area contributed by atoms with Crippen LogP contribution in [0, 0.1) is 5.82 Å². The van der Waals surface area contributed by atoms with E-state index in [-0.39, 0.29) is 23.5 Å². The van der Waals surface area contributed by atoms with Crippen molar-refractivity contribution >= 4 is 5.91 Å². The minimum absolute atomic E-state index is 0.0634. The van der Waals surface area contributed by atoms with Crippen LogP contribution in [0.5, 0.6) is 5.75 Å². The van der Waals surface area contributed by atoms with Gasteiger partial charge in [0, 0.05) is 37.7 Å². The summed E-state index contributed by atoms with van der Waals surface area (Å²) in [5.41, 5.74) is 1.36. The van der Waals surface area contributed by atoms with Crippen molar-refractivity contribution in [3.05, 3.63) is 59.6 Å². The fraction of sp³-hybridized carbons (Fsp3) is 0.440. The lowest BCUT2D eigenvalue weighted by molar-refractivity contribution is 0.00844. The monoisotopic (exact) mass is 465 g/mol. The van der Waals surface area contributed by atoms with Gasteiger partial charge in [-0.25, -0.2) is 4.39 Å². The van der Waals surface area contributed by atoms with Crippen molar-refractivity contribution in [3.63, 3.8) is 0 Å². The van der Waals surface area contributed by atoms with Crippen LogP contribution in [0.3, 0.4) is 0 Å². The van der Waals surface area contributed by atoms with Crippen LogP contribution >= 0.6 is 0 Å². The van der Waals surface area contributed by atoms with Crippen LogP contribution in [-0.4, -0.2) is 63.1 Å². The number of amides is 1. The van der Waals surface area contributed by atoms with Crippen LogP contribution in [0.2, 0.25) is 0 Å². The predicted molar refractivity (Wildman–Crippen MR) is 123 cm³/mol. The third kappa shape index (κ3) is 4.79. The van der Waals surface area contributed by atoms with Crippen LogP contribution in [0.25, 0.3) is 11.3 Å². The summed E-state index contributed by atoms with van der Waals surface area (Å²) in [5.74, 6) is 1.48. The van der Waals surface area contributed by atoms with Crippen molar-refractivity contribution in [1.29, 1.82) is 0 Å². The number of aromatic nitrogens is 3. The van der Waals surface area contributed by atoms with Crippen molar-refractivity contribution in [2.24, 2.45) is 0 Å². The highest BCUT2D eigenvalue weighted by Gasteiger charge is 2.30. The lowest BCUT2D eigenvalue weighted by Gasteiger charge is -2.37. The van der Waals surface area contributed by atoms with Gasteiger partial charge in [-0.15, -0.1) is 0 Å². The molecule has 3 aromatic rings. The third-order valence-corrected chi connectivity index (χ3v) is 6.21. The minimum Gasteiger partial charge on any atom is -0.486 e. The van der Waals surface area contributed by atoms with Gasteiger partial charge in [-0.1, -0.05) is 25.1 Å². The quantitative estimate of drug-likeness (QED) is 0.523. The number of likely N-dealkylation sites (tertiary alicyclic amines) is 2. The Labute approximate surface area is 197 Å². The molecule has 0 aliphatic carbocycles. The van der Waals surface area contributed by atoms with Crippen molar-refractivity contribution in [2.75, 3.05) is 26.2 Å². The second-order valence-electron chi connectivity index (χ2n) is 9.21. The number of nitrogens with zero attached hydrogens (tertiary/aromatic N) is 5. The van der Waals surface area contributed by atoms with Gasteiger partial charge in [0.05, 0.1) is 24.0 Å². The molecule has 0 saturated carbocycles. The largest absolute Gasteiger partial charge is 0.486 e. The Morgan fingerprint density at radius 2 is 2.00 bits per heavy atom. The lowest BCUT2D eigenvalue weighted by atomic mass is 10.1. The number of hydrogen-bond acceptors (Lipinski definition) is 7. The molecular formula is C25H28FN5O3. The van der Waals surface area contributed by atoms with Crippen molar-refractivity contribution in [3.8, 4) is 17.0 Å². The molecule has 2 aromatic heterocycles. The lowest BCUT2D eigenvalue weighted by Crippen LogP contribution is -2.53. The van der Waals surface area contributed by atoms with E-state index in [9.17, 15) is 9.18 Å². The minimum atomic E-state index is -0.521. The molecule has 4 heterocycles. The Hall–Kier alpha value is -3.33. The molecule has 2 fully saturated rings. The van der Waals surface area contributed by atoms with Crippen LogP contribution in [0.15, 0.2) is 41.1 Å². The maximum absolute atomic E-state index is 14.7. The number of carbonyl (C=O) groups excluding carboxylic acids is 1. The molecule has 0 spiro atoms. The molecule has 178 valence electrons. The fourth-order valence-corrected chi connectivity index (χ4v) is 4.24. The Morgan fingerprint density at radius 3 is 2.65 bits per heavy atom. The summed E-state index contributed by atoms with van der Waals surface area (Å²) in [7, 11) is 0. The summed E-state index contributed by atoms with van der Waals surface area (Å²) >= 11 is 0. The van der Waals surface area contributed by atoms with Gasteiger partial charge in [0.2, 0.25) is 5.89 Å². The zero-order valence-corrected chi connectivity index (χ0v) is 19.4. The molecule has 0 atom stereocenters. The Bertz CT molecular complexity index is 1150. The number of benzene rings is 1. The highest BCUT2D eigenvalue weighted by molar-refractivity contribution is 5.95. The number of halogens is 1. The van der Waals surface area contributed by atoms with Crippen LogP contribution < -0.4 is 4.74 Å². The first-order chi connectivity index (χ1) is 16.5. The molecule has 0 bridgehead atoms. The maximum Gasteiger partial charge on any atom is 0.256 e. The third-order valence-electron chi connectivity index (χ3n) is 6.21. The Balaban J connectivity index is 1.14. The van der Waals surface area contributed by atoms with E-state index >= 15 is 0 Å². The van der Waals surface area contributed by atoms with Crippen LogP contribution in [-0.2, 0) is 6.54 Å². The molecular weight excluding hydrogens is 437 g/mol. The second-order valence-corrected chi connectivity index (χ2v) is 9.21. The zero-order valence-electron chi connectivity index (χ0n) is 19.4. The first-order valence-corrected chi connectivity index (χ1v) is 11.7. The molecule has 5 rings (SSSR count). The molecule has 9 heteroatoms. The van der Waals surface area contributed by atoms with Crippen LogP contribution in [0.4, 0.5) is 4.39 Å². The number of carbonyl (C=O) groups is 1. The molecule has 0 radical (unpaired) electrons. The van der Waals surface area contributed by atoms with Gasteiger partial charge in [0.15, 0.2) is 5.82 Å². The number of ether oxygens (including phenoxy) is 1. The number of hydrogen-bond donors (Lipinski definition) is 0. The van der Waals surface area contributed by atoms with E-state index in [4.69, 9.17) is 9.26 Å². The van der Waals surface area contributed by atoms with E-state index in [0.29, 0.717) is 42.5 Å². The molecule has 0 N–H and O–H groups in total. The van der Waals surface area contributed by atoms with Gasteiger partial charge in [0.1, 0.15) is 17.7 Å². The van der Waals surface area contributed by atoms with E-state index in [0.717, 1.165) is 31.8 Å². The number of pyridine rings is 1. The summed E-state index contributed by atoms with van der Waals surface area (Å²) in [6, 6.07) is 8.29. The molecule has 2 aliphatic heterocycles. The summed E-state index contributed by atoms with van der Waals surface area (Å²) in [6.45, 7) is 7.58. The Kier molecular flexibility index (Phi) is 6.28. The van der Waals surface area contributed by atoms with E-state index in [1.54, 1.807) is 29.3 Å².